The van der Waals surface area contributed by atoms with Crippen LogP contribution in [0.4, 0.5) is 212 Å². The normalized spacial score (nSPS) is 16.2. The third kappa shape index (κ3) is 14.0. The van der Waals surface area contributed by atoms with Crippen molar-refractivity contribution in [1.82, 2.24) is 16.0 Å². The van der Waals surface area contributed by atoms with Crippen molar-refractivity contribution < 1.29 is 227 Å². The number of nitrogens with one attached hydrogen (secondary N) is 3. The van der Waals surface area contributed by atoms with Crippen molar-refractivity contribution in [3.63, 3.8) is 0 Å². The summed E-state index contributed by atoms with van der Waals surface area (Å²) >= 11 is 0. The highest BCUT2D eigenvalue weighted by molar-refractivity contribution is 5.67. The maximum atomic E-state index is 15.6. The Morgan fingerprint density at radius 3 is 0.856 bits per heavy atom. The number of carbonyl (C=O) groups is 3. The number of rotatable bonds is 32. The van der Waals surface area contributed by atoms with Crippen LogP contribution in [0.3, 0.4) is 0 Å². The van der Waals surface area contributed by atoms with Crippen molar-refractivity contribution in [2.75, 3.05) is 19.7 Å². The van der Waals surface area contributed by atoms with Crippen LogP contribution in [0.5, 0.6) is 0 Å². The van der Waals surface area contributed by atoms with Crippen molar-refractivity contribution in [2.24, 2.45) is 5.92 Å². The largest absolute Gasteiger partial charge is 0.465 e. The summed E-state index contributed by atoms with van der Waals surface area (Å²) in [6.07, 6.45) is -53.9. The van der Waals surface area contributed by atoms with Crippen LogP contribution in [0, 0.1) is 5.92 Å². The Morgan fingerprint density at radius 2 is 0.589 bits per heavy atom. The number of alkyl halides is 45. The maximum absolute atomic E-state index is 15.6. The van der Waals surface area contributed by atoms with E-state index in [-0.39, 0.29) is 5.32 Å². The average Bonchev–Trinajstić information content (AvgIpc) is 0.722. The molecule has 0 fully saturated rings. The Labute approximate surface area is 463 Å². The highest BCUT2D eigenvalue weighted by atomic mass is 19.5. The van der Waals surface area contributed by atoms with Gasteiger partial charge in [-0.05, 0) is 31.6 Å². The minimum atomic E-state index is -9.52. The van der Waals surface area contributed by atoms with Crippen molar-refractivity contribution >= 4 is 18.3 Å². The first-order chi connectivity index (χ1) is 38.7. The van der Waals surface area contributed by atoms with Crippen LogP contribution >= 0.6 is 0 Å². The molecule has 90 heavy (non-hydrogen) atoms. The number of ether oxygens (including phenoxy) is 1. The quantitative estimate of drug-likeness (QED) is 0.0336. The lowest BCUT2D eigenvalue weighted by atomic mass is 9.75. The van der Waals surface area contributed by atoms with E-state index in [1.54, 1.807) is 0 Å². The van der Waals surface area contributed by atoms with Gasteiger partial charge >= 0.3 is 143 Å². The number of amides is 3. The molecule has 536 valence electrons. The van der Waals surface area contributed by atoms with Gasteiger partial charge in [-0.1, -0.05) is 6.42 Å². The van der Waals surface area contributed by atoms with Crippen LogP contribution in [0.25, 0.3) is 0 Å². The van der Waals surface area contributed by atoms with Gasteiger partial charge in [-0.2, -0.15) is 198 Å². The molecule has 1 unspecified atom stereocenters. The minimum absolute atomic E-state index is 0.323. The Bertz CT molecular complexity index is 2390. The molecule has 0 aliphatic heterocycles. The van der Waals surface area contributed by atoms with Crippen LogP contribution in [-0.2, 0) is 4.74 Å². The molecular weight excluding hydrogens is 1430 g/mol. The van der Waals surface area contributed by atoms with Crippen molar-refractivity contribution in [1.29, 1.82) is 0 Å². The summed E-state index contributed by atoms with van der Waals surface area (Å²) in [7, 11) is 0. The topological polar surface area (TPSA) is 137 Å². The molecule has 0 heterocycles. The van der Waals surface area contributed by atoms with Crippen molar-refractivity contribution in [3.8, 4) is 0 Å². The molecule has 1 atom stereocenters. The zero-order valence-electron chi connectivity index (χ0n) is 41.2. The van der Waals surface area contributed by atoms with Gasteiger partial charge in [0.1, 0.15) is 0 Å². The third-order valence-corrected chi connectivity index (χ3v) is 11.9. The van der Waals surface area contributed by atoms with E-state index < -0.39 is 220 Å². The third-order valence-electron chi connectivity index (χ3n) is 11.9. The zero-order chi connectivity index (χ0) is 73.2. The molecule has 5 N–H and O–H groups in total. The lowest BCUT2D eigenvalue weighted by Crippen LogP contribution is -2.74. The SMILES string of the molecule is O=C(O)NCCCCC(CCC(CC(F)(F)C(F)(F)C(F)(F)C(F)(F)C(F)(F)C(F)(F)C(F)(F)F)(CC(F)(F)C(F)(F)C(F)(F)C(F)(F)C(F)(F)C(F)(F)C(F)(F)F)NC(=O)O)CNC(=O)OCC(F)(F)C(F)(F)C(F)(F)C(F)(F)C(F)(F)C(F)(F)C(F)(F)F. The Kier molecular flexibility index (Phi) is 23.1. The number of alkyl carbamates (subject to hydrolysis) is 1. The summed E-state index contributed by atoms with van der Waals surface area (Å²) in [4.78, 5) is 34.7. The summed E-state index contributed by atoms with van der Waals surface area (Å²) in [6.45, 7) is -7.46. The van der Waals surface area contributed by atoms with E-state index in [4.69, 9.17) is 5.11 Å². The lowest BCUT2D eigenvalue weighted by Gasteiger charge is -2.46. The van der Waals surface area contributed by atoms with E-state index in [1.165, 1.54) is 5.32 Å². The number of halogens is 45. The summed E-state index contributed by atoms with van der Waals surface area (Å²) in [5, 5.41) is 19.5. The molecule has 54 heteroatoms. The molecular formula is C36H26F45N3O6. The zero-order valence-corrected chi connectivity index (χ0v) is 41.2. The minimum Gasteiger partial charge on any atom is -0.465 e. The smallest absolute Gasteiger partial charge is 0.460 e. The van der Waals surface area contributed by atoms with E-state index in [1.807, 2.05) is 0 Å². The molecule has 3 amide bonds. The highest BCUT2D eigenvalue weighted by Gasteiger charge is 2.97. The summed E-state index contributed by atoms with van der Waals surface area (Å²) in [6, 6.07) is 0. The van der Waals surface area contributed by atoms with Crippen LogP contribution < -0.4 is 16.0 Å². The van der Waals surface area contributed by atoms with Gasteiger partial charge in [0.15, 0.2) is 6.61 Å². The molecule has 9 nitrogen and oxygen atoms in total. The molecule has 0 aliphatic carbocycles. The average molecular weight is 1450 g/mol. The van der Waals surface area contributed by atoms with Gasteiger partial charge in [-0.3, -0.25) is 0 Å². The fourth-order valence-corrected chi connectivity index (χ4v) is 6.79. The fraction of sp³-hybridized carbons (Fsp3) is 0.917. The molecule has 0 aromatic rings. The summed E-state index contributed by atoms with van der Waals surface area (Å²) < 4.78 is 630. The highest BCUT2D eigenvalue weighted by Crippen LogP contribution is 2.67. The van der Waals surface area contributed by atoms with Gasteiger partial charge in [0, 0.05) is 25.9 Å². The standard InChI is InChI=1S/C36H26F45N3O6/c37-16(38,19(43,44)22(49,50)25(55,56)28(61,62)31(67,68)34(73,74)75)8-15(84-13(87)88,9-17(39,40)20(45,46)23(51,52)26(57,58)29(63,64)32(69,70)35(76,77)78)5-4-11(3-1-2-6-82-12(85)86)7-83-14(89)90-10-18(41,42)21(47,48)24(53,54)27(59,60)30(65,66)33(71,72)36(79,80)81/h11,82,84H,1-10H2,(H,83,89)(H,85,86)(H,87,88). The van der Waals surface area contributed by atoms with E-state index >= 15 is 35.1 Å². The molecule has 0 aromatic heterocycles. The first-order valence-corrected chi connectivity index (χ1v) is 21.6. The monoisotopic (exact) mass is 1450 g/mol. The number of carboxylic acid groups (broad SMARTS) is 2. The Morgan fingerprint density at radius 1 is 0.322 bits per heavy atom. The first kappa shape index (κ1) is 84.7. The predicted octanol–water partition coefficient (Wildman–Crippen LogP) is 16.5. The molecule has 0 saturated heterocycles. The van der Waals surface area contributed by atoms with Crippen LogP contribution in [0.1, 0.15) is 44.9 Å². The van der Waals surface area contributed by atoms with Gasteiger partial charge in [-0.15, -0.1) is 0 Å². The molecule has 0 bridgehead atoms. The van der Waals surface area contributed by atoms with Crippen LogP contribution in [0.15, 0.2) is 0 Å². The van der Waals surface area contributed by atoms with Gasteiger partial charge < -0.3 is 30.9 Å². The lowest BCUT2D eigenvalue weighted by molar-refractivity contribution is -0.454. The predicted molar refractivity (Wildman–Crippen MR) is 192 cm³/mol. The molecule has 0 radical (unpaired) electrons. The van der Waals surface area contributed by atoms with E-state index in [2.05, 4.69) is 4.74 Å². The van der Waals surface area contributed by atoms with E-state index in [0.29, 0.717) is 5.32 Å². The number of hydrogen-bond acceptors (Lipinski definition) is 4. The van der Waals surface area contributed by atoms with E-state index in [9.17, 15) is 182 Å². The van der Waals surface area contributed by atoms with Gasteiger partial charge in [-0.25, -0.2) is 14.4 Å². The van der Waals surface area contributed by atoms with Gasteiger partial charge in [0.05, 0.1) is 5.54 Å². The van der Waals surface area contributed by atoms with Crippen LogP contribution in [0.2, 0.25) is 0 Å². The van der Waals surface area contributed by atoms with Crippen molar-refractivity contribution in [2.45, 2.75) is 176 Å². The Hall–Kier alpha value is -5.34. The second kappa shape index (κ2) is 24.5. The molecule has 0 rings (SSSR count). The first-order valence-electron chi connectivity index (χ1n) is 21.6. The number of unbranched alkanes of at least 4 members (excludes halogenated alkanes) is 1. The fourth-order valence-electron chi connectivity index (χ4n) is 6.79. The Balaban J connectivity index is 8.47. The van der Waals surface area contributed by atoms with E-state index in [0.717, 1.165) is 0 Å². The molecule has 0 aromatic carbocycles. The number of hydrogen-bond donors (Lipinski definition) is 5. The molecule has 0 aliphatic rings. The summed E-state index contributed by atoms with van der Waals surface area (Å²) in [5.74, 6) is -164. The number of carbonyl (C=O) groups excluding carboxylic acids is 1. The second-order valence-electron chi connectivity index (χ2n) is 18.4. The van der Waals surface area contributed by atoms with Gasteiger partial charge in [0.25, 0.3) is 0 Å². The molecule has 0 spiro atoms. The second-order valence-corrected chi connectivity index (χ2v) is 18.4. The van der Waals surface area contributed by atoms with Crippen LogP contribution in [-0.4, -0.2) is 179 Å². The van der Waals surface area contributed by atoms with Crippen molar-refractivity contribution in [3.05, 3.63) is 0 Å². The maximum Gasteiger partial charge on any atom is 0.460 e. The summed E-state index contributed by atoms with van der Waals surface area (Å²) in [5.41, 5.74) is -6.06. The van der Waals surface area contributed by atoms with Gasteiger partial charge in [0.2, 0.25) is 0 Å². The molecule has 0 saturated carbocycles.